The van der Waals surface area contributed by atoms with Gasteiger partial charge in [0, 0.05) is 5.02 Å². The van der Waals surface area contributed by atoms with Crippen LogP contribution in [0.2, 0.25) is 5.02 Å². The van der Waals surface area contributed by atoms with Crippen molar-refractivity contribution in [3.8, 4) is 0 Å². The SMILES string of the molecule is Fc1ccccc1NC(=S)Nc1ncn(Cc2ccc(Cl)cc2)n1. The van der Waals surface area contributed by atoms with E-state index >= 15 is 0 Å². The molecule has 0 atom stereocenters. The number of thiocarbonyl (C=S) groups is 1. The average molecular weight is 362 g/mol. The number of nitrogens with one attached hydrogen (secondary N) is 2. The number of hydrogen-bond donors (Lipinski definition) is 2. The molecule has 0 radical (unpaired) electrons. The third-order valence-corrected chi connectivity index (χ3v) is 3.60. The molecule has 0 bridgehead atoms. The van der Waals surface area contributed by atoms with Crippen molar-refractivity contribution in [3.63, 3.8) is 0 Å². The molecule has 24 heavy (non-hydrogen) atoms. The minimum Gasteiger partial charge on any atom is -0.330 e. The van der Waals surface area contributed by atoms with Crippen molar-refractivity contribution in [2.24, 2.45) is 0 Å². The maximum Gasteiger partial charge on any atom is 0.248 e. The van der Waals surface area contributed by atoms with E-state index < -0.39 is 0 Å². The summed E-state index contributed by atoms with van der Waals surface area (Å²) in [5, 5.41) is 10.8. The smallest absolute Gasteiger partial charge is 0.248 e. The van der Waals surface area contributed by atoms with Gasteiger partial charge in [0.1, 0.15) is 12.1 Å². The van der Waals surface area contributed by atoms with Crippen LogP contribution < -0.4 is 10.6 Å². The van der Waals surface area contributed by atoms with E-state index in [-0.39, 0.29) is 16.6 Å². The Morgan fingerprint density at radius 3 is 2.62 bits per heavy atom. The van der Waals surface area contributed by atoms with Crippen molar-refractivity contribution >= 4 is 40.6 Å². The molecule has 2 aromatic carbocycles. The summed E-state index contributed by atoms with van der Waals surface area (Å²) in [6.07, 6.45) is 1.59. The first-order chi connectivity index (χ1) is 11.6. The summed E-state index contributed by atoms with van der Waals surface area (Å²) in [4.78, 5) is 4.13. The minimum absolute atomic E-state index is 0.212. The summed E-state index contributed by atoms with van der Waals surface area (Å²) in [5.74, 6) is -0.0549. The number of hydrogen-bond acceptors (Lipinski definition) is 3. The molecule has 0 aliphatic rings. The van der Waals surface area contributed by atoms with Crippen LogP contribution in [0.1, 0.15) is 5.56 Å². The van der Waals surface area contributed by atoms with Gasteiger partial charge in [0.2, 0.25) is 5.95 Å². The standard InChI is InChI=1S/C16H13ClFN5S/c17-12-7-5-11(6-8-12)9-23-10-19-15(22-23)21-16(24)20-14-4-2-1-3-13(14)18/h1-8,10H,9H2,(H2,20,21,22,24). The molecule has 8 heteroatoms. The maximum atomic E-state index is 13.6. The van der Waals surface area contributed by atoms with Gasteiger partial charge in [-0.05, 0) is 42.0 Å². The maximum absolute atomic E-state index is 13.6. The molecule has 0 amide bonds. The van der Waals surface area contributed by atoms with Crippen LogP contribution in [0.4, 0.5) is 16.0 Å². The molecule has 2 N–H and O–H groups in total. The van der Waals surface area contributed by atoms with Crippen molar-refractivity contribution in [2.45, 2.75) is 6.54 Å². The van der Waals surface area contributed by atoms with Crippen molar-refractivity contribution < 1.29 is 4.39 Å². The van der Waals surface area contributed by atoms with E-state index in [1.807, 2.05) is 24.3 Å². The molecule has 0 saturated heterocycles. The summed E-state index contributed by atoms with van der Waals surface area (Å²) in [6, 6.07) is 13.7. The molecule has 122 valence electrons. The van der Waals surface area contributed by atoms with Crippen molar-refractivity contribution in [1.82, 2.24) is 14.8 Å². The summed E-state index contributed by atoms with van der Waals surface area (Å²) in [5.41, 5.74) is 1.33. The quantitative estimate of drug-likeness (QED) is 0.690. The van der Waals surface area contributed by atoms with E-state index in [1.54, 1.807) is 29.2 Å². The molecule has 3 aromatic rings. The lowest BCUT2D eigenvalue weighted by atomic mass is 10.2. The molecule has 0 unspecified atom stereocenters. The number of halogens is 2. The molecule has 0 aliphatic carbocycles. The summed E-state index contributed by atoms with van der Waals surface area (Å²) in [7, 11) is 0. The number of rotatable bonds is 4. The molecule has 1 aromatic heterocycles. The Labute approximate surface area is 148 Å². The third kappa shape index (κ3) is 4.27. The highest BCUT2D eigenvalue weighted by Crippen LogP contribution is 2.13. The van der Waals surface area contributed by atoms with Crippen LogP contribution in [0.15, 0.2) is 54.9 Å². The fourth-order valence-corrected chi connectivity index (χ4v) is 2.35. The number of para-hydroxylation sites is 1. The van der Waals surface area contributed by atoms with Gasteiger partial charge in [-0.3, -0.25) is 5.32 Å². The Hall–Kier alpha value is -2.51. The average Bonchev–Trinajstić information content (AvgIpc) is 2.99. The zero-order chi connectivity index (χ0) is 16.9. The van der Waals surface area contributed by atoms with E-state index in [0.29, 0.717) is 17.5 Å². The number of benzene rings is 2. The van der Waals surface area contributed by atoms with Crippen LogP contribution in [0.5, 0.6) is 0 Å². The Bertz CT molecular complexity index is 850. The van der Waals surface area contributed by atoms with Crippen LogP contribution in [0.3, 0.4) is 0 Å². The molecular formula is C16H13ClFN5S. The van der Waals surface area contributed by atoms with E-state index in [0.717, 1.165) is 5.56 Å². The van der Waals surface area contributed by atoms with Gasteiger partial charge in [0.15, 0.2) is 5.11 Å². The zero-order valence-electron chi connectivity index (χ0n) is 12.4. The predicted octanol–water partition coefficient (Wildman–Crippen LogP) is 3.93. The van der Waals surface area contributed by atoms with Gasteiger partial charge in [-0.2, -0.15) is 0 Å². The van der Waals surface area contributed by atoms with E-state index in [4.69, 9.17) is 23.8 Å². The highest BCUT2D eigenvalue weighted by atomic mass is 35.5. The Kier molecular flexibility index (Phi) is 5.02. The second kappa shape index (κ2) is 7.37. The summed E-state index contributed by atoms with van der Waals surface area (Å²) < 4.78 is 15.2. The highest BCUT2D eigenvalue weighted by molar-refractivity contribution is 7.80. The lowest BCUT2D eigenvalue weighted by Gasteiger charge is -2.08. The highest BCUT2D eigenvalue weighted by Gasteiger charge is 2.06. The van der Waals surface area contributed by atoms with Gasteiger partial charge in [0.25, 0.3) is 0 Å². The van der Waals surface area contributed by atoms with E-state index in [2.05, 4.69) is 20.7 Å². The van der Waals surface area contributed by atoms with Gasteiger partial charge in [-0.25, -0.2) is 14.1 Å². The number of nitrogens with zero attached hydrogens (tertiary/aromatic N) is 3. The number of anilines is 2. The van der Waals surface area contributed by atoms with Crippen LogP contribution in [0, 0.1) is 5.82 Å². The lowest BCUT2D eigenvalue weighted by molar-refractivity contribution is 0.632. The van der Waals surface area contributed by atoms with E-state index in [1.165, 1.54) is 6.07 Å². The van der Waals surface area contributed by atoms with Crippen LogP contribution in [0.25, 0.3) is 0 Å². The Balaban J connectivity index is 1.60. The Morgan fingerprint density at radius 1 is 1.12 bits per heavy atom. The summed E-state index contributed by atoms with van der Waals surface area (Å²) in [6.45, 7) is 0.555. The third-order valence-electron chi connectivity index (χ3n) is 3.14. The molecule has 0 fully saturated rings. The monoisotopic (exact) mass is 361 g/mol. The van der Waals surface area contributed by atoms with Crippen molar-refractivity contribution in [3.05, 3.63) is 71.3 Å². The van der Waals surface area contributed by atoms with Crippen LogP contribution in [-0.4, -0.2) is 19.9 Å². The van der Waals surface area contributed by atoms with Gasteiger partial charge in [-0.15, -0.1) is 5.10 Å². The van der Waals surface area contributed by atoms with Gasteiger partial charge in [0.05, 0.1) is 12.2 Å². The zero-order valence-corrected chi connectivity index (χ0v) is 14.0. The second-order valence-electron chi connectivity index (χ2n) is 4.95. The number of aromatic nitrogens is 3. The van der Waals surface area contributed by atoms with Crippen molar-refractivity contribution in [2.75, 3.05) is 10.6 Å². The fourth-order valence-electron chi connectivity index (χ4n) is 2.02. The largest absolute Gasteiger partial charge is 0.330 e. The van der Waals surface area contributed by atoms with Gasteiger partial charge in [-0.1, -0.05) is 35.9 Å². The topological polar surface area (TPSA) is 54.8 Å². The fraction of sp³-hybridized carbons (Fsp3) is 0.0625. The van der Waals surface area contributed by atoms with Crippen LogP contribution in [-0.2, 0) is 6.54 Å². The van der Waals surface area contributed by atoms with Crippen LogP contribution >= 0.6 is 23.8 Å². The molecule has 0 spiro atoms. The normalized spacial score (nSPS) is 10.4. The minimum atomic E-state index is -0.386. The molecule has 1 heterocycles. The first-order valence-corrected chi connectivity index (χ1v) is 7.85. The predicted molar refractivity (Wildman–Crippen MR) is 96.8 cm³/mol. The van der Waals surface area contributed by atoms with Gasteiger partial charge < -0.3 is 5.32 Å². The first kappa shape index (κ1) is 16.4. The first-order valence-electron chi connectivity index (χ1n) is 7.06. The van der Waals surface area contributed by atoms with E-state index in [9.17, 15) is 4.39 Å². The Morgan fingerprint density at radius 2 is 1.88 bits per heavy atom. The molecule has 3 rings (SSSR count). The molecular weight excluding hydrogens is 349 g/mol. The second-order valence-corrected chi connectivity index (χ2v) is 5.80. The molecule has 0 aliphatic heterocycles. The molecule has 0 saturated carbocycles. The summed E-state index contributed by atoms with van der Waals surface area (Å²) >= 11 is 11.0. The van der Waals surface area contributed by atoms with Gasteiger partial charge >= 0.3 is 0 Å². The molecule has 5 nitrogen and oxygen atoms in total. The lowest BCUT2D eigenvalue weighted by Crippen LogP contribution is -2.20. The van der Waals surface area contributed by atoms with Crippen molar-refractivity contribution in [1.29, 1.82) is 0 Å².